The fraction of sp³-hybridized carbons (Fsp3) is 0.400. The van der Waals surface area contributed by atoms with E-state index in [2.05, 4.69) is 25.8 Å². The van der Waals surface area contributed by atoms with Crippen LogP contribution in [0.2, 0.25) is 5.02 Å². The van der Waals surface area contributed by atoms with Gasteiger partial charge < -0.3 is 15.2 Å². The van der Waals surface area contributed by atoms with Crippen molar-refractivity contribution in [2.45, 2.75) is 26.9 Å². The number of nitrogens with zero attached hydrogens (tertiary/aromatic N) is 4. The lowest BCUT2D eigenvalue weighted by atomic mass is 10.2. The molecule has 0 spiro atoms. The van der Waals surface area contributed by atoms with Crippen LogP contribution in [-0.2, 0) is 20.1 Å². The molecule has 7 heteroatoms. The Bertz CT molecular complexity index is 649. The molecule has 0 atom stereocenters. The summed E-state index contributed by atoms with van der Waals surface area (Å²) in [4.78, 5) is 4.55. The zero-order valence-electron chi connectivity index (χ0n) is 13.1. The number of guanidine groups is 1. The van der Waals surface area contributed by atoms with Crippen LogP contribution in [0.3, 0.4) is 0 Å². The average Bonchev–Trinajstić information content (AvgIpc) is 2.83. The summed E-state index contributed by atoms with van der Waals surface area (Å²) >= 11 is 6.15. The van der Waals surface area contributed by atoms with Crippen LogP contribution in [0.1, 0.15) is 24.1 Å². The second-order valence-electron chi connectivity index (χ2n) is 4.86. The van der Waals surface area contributed by atoms with Crippen LogP contribution in [0.25, 0.3) is 0 Å². The van der Waals surface area contributed by atoms with Crippen molar-refractivity contribution in [1.29, 1.82) is 0 Å². The molecule has 0 saturated heterocycles. The Labute approximate surface area is 135 Å². The summed E-state index contributed by atoms with van der Waals surface area (Å²) in [6.07, 6.45) is 0. The highest BCUT2D eigenvalue weighted by Crippen LogP contribution is 2.15. The Morgan fingerprint density at radius 1 is 1.27 bits per heavy atom. The number of aliphatic imine (C=N–C) groups is 1. The highest BCUT2D eigenvalue weighted by atomic mass is 35.5. The van der Waals surface area contributed by atoms with Gasteiger partial charge in [0.2, 0.25) is 0 Å². The van der Waals surface area contributed by atoms with Gasteiger partial charge in [0.25, 0.3) is 0 Å². The lowest BCUT2D eigenvalue weighted by molar-refractivity contribution is 0.718. The first-order valence-corrected chi connectivity index (χ1v) is 7.60. The first-order valence-electron chi connectivity index (χ1n) is 7.22. The van der Waals surface area contributed by atoms with Gasteiger partial charge >= 0.3 is 0 Å². The Balaban J connectivity index is 2.01. The lowest BCUT2D eigenvalue weighted by Gasteiger charge is -2.11. The summed E-state index contributed by atoms with van der Waals surface area (Å²) < 4.78 is 1.95. The van der Waals surface area contributed by atoms with E-state index in [4.69, 9.17) is 11.6 Å². The van der Waals surface area contributed by atoms with Gasteiger partial charge in [0.1, 0.15) is 5.82 Å². The van der Waals surface area contributed by atoms with Crippen molar-refractivity contribution in [3.05, 3.63) is 46.5 Å². The summed E-state index contributed by atoms with van der Waals surface area (Å²) in [7, 11) is 1.94. The predicted octanol–water partition coefficient (Wildman–Crippen LogP) is 2.03. The molecule has 0 aliphatic rings. The Morgan fingerprint density at radius 3 is 2.68 bits per heavy atom. The minimum Gasteiger partial charge on any atom is -0.357 e. The number of aromatic nitrogens is 3. The summed E-state index contributed by atoms with van der Waals surface area (Å²) in [5.74, 6) is 2.47. The lowest BCUT2D eigenvalue weighted by Crippen LogP contribution is -2.37. The SMILES string of the molecule is CCNC(=NCc1ccccc1Cl)NCc1nnc(C)n1C. The quantitative estimate of drug-likeness (QED) is 0.653. The largest absolute Gasteiger partial charge is 0.357 e. The van der Waals surface area contributed by atoms with Crippen LogP contribution >= 0.6 is 11.6 Å². The molecular weight excluding hydrogens is 300 g/mol. The summed E-state index contributed by atoms with van der Waals surface area (Å²) in [6, 6.07) is 7.71. The molecule has 22 heavy (non-hydrogen) atoms. The van der Waals surface area contributed by atoms with Gasteiger partial charge in [0.15, 0.2) is 11.8 Å². The summed E-state index contributed by atoms with van der Waals surface area (Å²) in [5.41, 5.74) is 0.996. The highest BCUT2D eigenvalue weighted by Gasteiger charge is 2.06. The number of benzene rings is 1. The van der Waals surface area contributed by atoms with E-state index in [-0.39, 0.29) is 0 Å². The predicted molar refractivity (Wildman–Crippen MR) is 88.8 cm³/mol. The van der Waals surface area contributed by atoms with Crippen molar-refractivity contribution in [3.63, 3.8) is 0 Å². The topological polar surface area (TPSA) is 67.1 Å². The van der Waals surface area contributed by atoms with Crippen molar-refractivity contribution < 1.29 is 0 Å². The average molecular weight is 321 g/mol. The van der Waals surface area contributed by atoms with Crippen molar-refractivity contribution in [3.8, 4) is 0 Å². The van der Waals surface area contributed by atoms with Crippen LogP contribution in [0.4, 0.5) is 0 Å². The molecule has 1 aromatic carbocycles. The van der Waals surface area contributed by atoms with Crippen LogP contribution in [-0.4, -0.2) is 27.3 Å². The van der Waals surface area contributed by atoms with E-state index in [1.165, 1.54) is 0 Å². The molecule has 0 bridgehead atoms. The van der Waals surface area contributed by atoms with Gasteiger partial charge in [-0.2, -0.15) is 0 Å². The second kappa shape index (κ2) is 7.79. The van der Waals surface area contributed by atoms with Crippen molar-refractivity contribution in [2.75, 3.05) is 6.54 Å². The molecule has 1 heterocycles. The Morgan fingerprint density at radius 2 is 2.05 bits per heavy atom. The maximum Gasteiger partial charge on any atom is 0.191 e. The number of nitrogens with one attached hydrogen (secondary N) is 2. The third kappa shape index (κ3) is 4.21. The molecule has 0 radical (unpaired) electrons. The molecule has 0 aliphatic carbocycles. The summed E-state index contributed by atoms with van der Waals surface area (Å²) in [5, 5.41) is 15.4. The zero-order chi connectivity index (χ0) is 15.9. The second-order valence-corrected chi connectivity index (χ2v) is 5.27. The molecule has 1 aromatic heterocycles. The van der Waals surface area contributed by atoms with Gasteiger partial charge in [-0.15, -0.1) is 10.2 Å². The molecule has 0 amide bonds. The van der Waals surface area contributed by atoms with Gasteiger partial charge in [0.05, 0.1) is 13.1 Å². The molecule has 0 saturated carbocycles. The molecule has 2 aromatic rings. The summed E-state index contributed by atoms with van der Waals surface area (Å²) in [6.45, 7) is 5.82. The van der Waals surface area contributed by atoms with Gasteiger partial charge in [0, 0.05) is 18.6 Å². The molecule has 2 rings (SSSR count). The van der Waals surface area contributed by atoms with E-state index in [1.54, 1.807) is 0 Å². The van der Waals surface area contributed by atoms with E-state index < -0.39 is 0 Å². The van der Waals surface area contributed by atoms with Gasteiger partial charge in [-0.25, -0.2) is 4.99 Å². The monoisotopic (exact) mass is 320 g/mol. The molecule has 0 fully saturated rings. The normalized spacial score (nSPS) is 11.5. The Kier molecular flexibility index (Phi) is 5.77. The van der Waals surface area contributed by atoms with Crippen molar-refractivity contribution >= 4 is 17.6 Å². The standard InChI is InChI=1S/C15H21ClN6/c1-4-17-15(18-9-12-7-5-6-8-13(12)16)19-10-14-21-20-11(2)22(14)3/h5-8H,4,9-10H2,1-3H3,(H2,17,18,19). The fourth-order valence-corrected chi connectivity index (χ4v) is 2.10. The zero-order valence-corrected chi connectivity index (χ0v) is 13.9. The van der Waals surface area contributed by atoms with Crippen LogP contribution in [0.5, 0.6) is 0 Å². The van der Waals surface area contributed by atoms with E-state index in [9.17, 15) is 0 Å². The van der Waals surface area contributed by atoms with E-state index in [0.717, 1.165) is 34.7 Å². The minimum atomic E-state index is 0.521. The van der Waals surface area contributed by atoms with Gasteiger partial charge in [-0.3, -0.25) is 0 Å². The van der Waals surface area contributed by atoms with Gasteiger partial charge in [-0.05, 0) is 25.5 Å². The molecule has 2 N–H and O–H groups in total. The maximum atomic E-state index is 6.15. The third-order valence-electron chi connectivity index (χ3n) is 3.31. The highest BCUT2D eigenvalue weighted by molar-refractivity contribution is 6.31. The number of halogens is 1. The van der Waals surface area contributed by atoms with Crippen LogP contribution < -0.4 is 10.6 Å². The van der Waals surface area contributed by atoms with Crippen molar-refractivity contribution in [2.24, 2.45) is 12.0 Å². The van der Waals surface area contributed by atoms with E-state index in [0.29, 0.717) is 13.1 Å². The minimum absolute atomic E-state index is 0.521. The maximum absolute atomic E-state index is 6.15. The number of rotatable bonds is 5. The van der Waals surface area contributed by atoms with E-state index >= 15 is 0 Å². The molecule has 6 nitrogen and oxygen atoms in total. The molecular formula is C15H21ClN6. The van der Waals surface area contributed by atoms with E-state index in [1.807, 2.05) is 49.7 Å². The first-order chi connectivity index (χ1) is 10.6. The Hall–Kier alpha value is -2.08. The number of hydrogen-bond acceptors (Lipinski definition) is 3. The molecule has 0 unspecified atom stereocenters. The van der Waals surface area contributed by atoms with Crippen molar-refractivity contribution in [1.82, 2.24) is 25.4 Å². The fourth-order valence-electron chi connectivity index (χ4n) is 1.90. The van der Waals surface area contributed by atoms with Gasteiger partial charge in [-0.1, -0.05) is 29.8 Å². The molecule has 118 valence electrons. The third-order valence-corrected chi connectivity index (χ3v) is 3.67. The number of aryl methyl sites for hydroxylation is 1. The van der Waals surface area contributed by atoms with Crippen LogP contribution in [0.15, 0.2) is 29.3 Å². The molecule has 0 aliphatic heterocycles. The first kappa shape index (κ1) is 16.3. The number of hydrogen-bond donors (Lipinski definition) is 2. The smallest absolute Gasteiger partial charge is 0.191 e. The van der Waals surface area contributed by atoms with Crippen LogP contribution in [0, 0.1) is 6.92 Å².